The molecule has 1 aliphatic rings. The topological polar surface area (TPSA) is 12.0 Å². The molecule has 0 radical (unpaired) electrons. The summed E-state index contributed by atoms with van der Waals surface area (Å²) in [6, 6.07) is 7.05. The lowest BCUT2D eigenvalue weighted by molar-refractivity contribution is 0.194. The number of halogens is 2. The number of alkyl halides is 1. The number of nitrogens with one attached hydrogen (secondary N) is 1. The maximum atomic E-state index is 13.7. The summed E-state index contributed by atoms with van der Waals surface area (Å²) in [4.78, 5) is 0. The lowest BCUT2D eigenvalue weighted by atomic mass is 9.96. The van der Waals surface area contributed by atoms with Crippen LogP contribution in [-0.2, 0) is 0 Å². The molecule has 2 rings (SSSR count). The Morgan fingerprint density at radius 1 is 1.46 bits per heavy atom. The summed E-state index contributed by atoms with van der Waals surface area (Å²) in [5.41, 5.74) is 0.598. The maximum absolute atomic E-state index is 13.7. The molecule has 0 spiro atoms. The number of rotatable bonds is 2. The van der Waals surface area contributed by atoms with E-state index in [1.54, 1.807) is 12.1 Å². The van der Waals surface area contributed by atoms with Crippen LogP contribution in [0.15, 0.2) is 24.3 Å². The van der Waals surface area contributed by atoms with E-state index in [4.69, 9.17) is 11.6 Å². The van der Waals surface area contributed by atoms with Gasteiger partial charge in [0.15, 0.2) is 0 Å². The Hall–Kier alpha value is -0.600. The molecule has 1 saturated heterocycles. The van der Waals surface area contributed by atoms with Crippen LogP contribution >= 0.6 is 11.6 Å². The third-order valence-electron chi connectivity index (χ3n) is 2.42. The monoisotopic (exact) mass is 199 g/mol. The fourth-order valence-electron chi connectivity index (χ4n) is 1.48. The average molecular weight is 200 g/mol. The predicted octanol–water partition coefficient (Wildman–Crippen LogP) is 2.71. The summed E-state index contributed by atoms with van der Waals surface area (Å²) in [5, 5.41) is 3.55. The van der Waals surface area contributed by atoms with Crippen molar-refractivity contribution in [3.8, 4) is 0 Å². The van der Waals surface area contributed by atoms with Gasteiger partial charge in [-0.3, -0.25) is 0 Å². The van der Waals surface area contributed by atoms with Gasteiger partial charge in [0.05, 0.1) is 0 Å². The van der Waals surface area contributed by atoms with Crippen LogP contribution in [-0.4, -0.2) is 12.6 Å². The molecule has 70 valence electrons. The Bertz CT molecular complexity index is 299. The van der Waals surface area contributed by atoms with E-state index in [0.29, 0.717) is 10.6 Å². The van der Waals surface area contributed by atoms with Crippen molar-refractivity contribution in [2.75, 3.05) is 6.54 Å². The highest BCUT2D eigenvalue weighted by Gasteiger charge is 2.28. The summed E-state index contributed by atoms with van der Waals surface area (Å²) < 4.78 is 13.7. The molecule has 0 aromatic heterocycles. The quantitative estimate of drug-likeness (QED) is 0.773. The van der Waals surface area contributed by atoms with E-state index in [1.807, 2.05) is 12.1 Å². The highest BCUT2D eigenvalue weighted by molar-refractivity contribution is 6.31. The molecule has 1 heterocycles. The molecule has 2 unspecified atom stereocenters. The van der Waals surface area contributed by atoms with Crippen molar-refractivity contribution in [1.82, 2.24) is 5.32 Å². The van der Waals surface area contributed by atoms with Crippen LogP contribution in [0.2, 0.25) is 5.02 Å². The lowest BCUT2D eigenvalue weighted by Gasteiger charge is -2.31. The van der Waals surface area contributed by atoms with Gasteiger partial charge in [-0.1, -0.05) is 29.8 Å². The van der Waals surface area contributed by atoms with Gasteiger partial charge in [-0.25, -0.2) is 4.39 Å². The molecule has 0 amide bonds. The van der Waals surface area contributed by atoms with E-state index in [9.17, 15) is 4.39 Å². The Morgan fingerprint density at radius 2 is 2.15 bits per heavy atom. The van der Waals surface area contributed by atoms with Crippen LogP contribution in [0, 0.1) is 0 Å². The summed E-state index contributed by atoms with van der Waals surface area (Å²) in [5.74, 6) is 0. The highest BCUT2D eigenvalue weighted by atomic mass is 35.5. The molecule has 1 N–H and O–H groups in total. The summed E-state index contributed by atoms with van der Waals surface area (Å²) in [7, 11) is 0. The number of benzene rings is 1. The van der Waals surface area contributed by atoms with Crippen LogP contribution in [0.5, 0.6) is 0 Å². The zero-order valence-electron chi connectivity index (χ0n) is 7.13. The molecule has 1 aliphatic heterocycles. The van der Waals surface area contributed by atoms with Crippen molar-refractivity contribution >= 4 is 11.6 Å². The van der Waals surface area contributed by atoms with Crippen molar-refractivity contribution in [2.24, 2.45) is 0 Å². The molecule has 1 nitrogen and oxygen atoms in total. The van der Waals surface area contributed by atoms with Gasteiger partial charge in [0, 0.05) is 16.6 Å². The van der Waals surface area contributed by atoms with E-state index < -0.39 is 6.17 Å². The maximum Gasteiger partial charge on any atom is 0.142 e. The second-order valence-corrected chi connectivity index (χ2v) is 3.68. The van der Waals surface area contributed by atoms with Crippen molar-refractivity contribution in [1.29, 1.82) is 0 Å². The lowest BCUT2D eigenvalue weighted by Crippen LogP contribution is -2.45. The first-order chi connectivity index (χ1) is 6.29. The van der Waals surface area contributed by atoms with E-state index in [1.165, 1.54) is 0 Å². The fraction of sp³-hybridized carbons (Fsp3) is 0.400. The first kappa shape index (κ1) is 8.97. The smallest absolute Gasteiger partial charge is 0.142 e. The second kappa shape index (κ2) is 3.64. The molecule has 0 bridgehead atoms. The molecule has 0 saturated carbocycles. The Balaban J connectivity index is 2.18. The molecular formula is C10H11ClFN. The first-order valence-corrected chi connectivity index (χ1v) is 4.79. The normalized spacial score (nSPS) is 23.7. The minimum absolute atomic E-state index is 0.0418. The number of hydrogen-bond donors (Lipinski definition) is 1. The van der Waals surface area contributed by atoms with Crippen LogP contribution in [0.25, 0.3) is 0 Å². The van der Waals surface area contributed by atoms with Gasteiger partial charge in [-0.2, -0.15) is 0 Å². The molecule has 2 atom stereocenters. The zero-order chi connectivity index (χ0) is 9.26. The van der Waals surface area contributed by atoms with Crippen LogP contribution in [0.4, 0.5) is 4.39 Å². The van der Waals surface area contributed by atoms with E-state index in [0.717, 1.165) is 13.0 Å². The predicted molar refractivity (Wildman–Crippen MR) is 51.7 cm³/mol. The van der Waals surface area contributed by atoms with Gasteiger partial charge < -0.3 is 5.32 Å². The molecule has 1 aromatic rings. The summed E-state index contributed by atoms with van der Waals surface area (Å²) in [6.45, 7) is 0.912. The summed E-state index contributed by atoms with van der Waals surface area (Å²) in [6.07, 6.45) is -0.0747. The molecule has 1 fully saturated rings. The largest absolute Gasteiger partial charge is 0.311 e. The standard InChI is InChI=1S/C10H11ClFN/c11-8-4-2-1-3-7(8)10(12)9-5-6-13-9/h1-4,9-10,13H,5-6H2. The summed E-state index contributed by atoms with van der Waals surface area (Å²) >= 11 is 5.88. The molecule has 3 heteroatoms. The molecule has 0 aliphatic carbocycles. The first-order valence-electron chi connectivity index (χ1n) is 4.41. The third-order valence-corrected chi connectivity index (χ3v) is 2.76. The molecular weight excluding hydrogens is 189 g/mol. The minimum atomic E-state index is -0.970. The zero-order valence-corrected chi connectivity index (χ0v) is 7.89. The van der Waals surface area contributed by atoms with Gasteiger partial charge in [0.2, 0.25) is 0 Å². The van der Waals surface area contributed by atoms with Crippen LogP contribution < -0.4 is 5.32 Å². The van der Waals surface area contributed by atoms with E-state index >= 15 is 0 Å². The van der Waals surface area contributed by atoms with Crippen molar-refractivity contribution in [3.63, 3.8) is 0 Å². The van der Waals surface area contributed by atoms with Gasteiger partial charge in [-0.15, -0.1) is 0 Å². The van der Waals surface area contributed by atoms with Gasteiger partial charge in [0.25, 0.3) is 0 Å². The molecule has 1 aromatic carbocycles. The highest BCUT2D eigenvalue weighted by Crippen LogP contribution is 2.31. The Labute approximate surface area is 81.9 Å². The van der Waals surface area contributed by atoms with Gasteiger partial charge in [0.1, 0.15) is 6.17 Å². The average Bonchev–Trinajstić information content (AvgIpc) is 2.01. The Kier molecular flexibility index (Phi) is 2.51. The Morgan fingerprint density at radius 3 is 2.69 bits per heavy atom. The minimum Gasteiger partial charge on any atom is -0.311 e. The SMILES string of the molecule is FC(c1ccccc1Cl)C1CCN1. The third kappa shape index (κ3) is 1.69. The fourth-order valence-corrected chi connectivity index (χ4v) is 1.72. The van der Waals surface area contributed by atoms with Crippen molar-refractivity contribution in [3.05, 3.63) is 34.9 Å². The molecule has 13 heavy (non-hydrogen) atoms. The van der Waals surface area contributed by atoms with Crippen LogP contribution in [0.3, 0.4) is 0 Å². The van der Waals surface area contributed by atoms with E-state index in [-0.39, 0.29) is 6.04 Å². The van der Waals surface area contributed by atoms with Crippen LogP contribution in [0.1, 0.15) is 18.2 Å². The van der Waals surface area contributed by atoms with Crippen molar-refractivity contribution < 1.29 is 4.39 Å². The van der Waals surface area contributed by atoms with Crippen molar-refractivity contribution in [2.45, 2.75) is 18.6 Å². The van der Waals surface area contributed by atoms with Gasteiger partial charge in [-0.05, 0) is 19.0 Å². The second-order valence-electron chi connectivity index (χ2n) is 3.27. The van der Waals surface area contributed by atoms with Gasteiger partial charge >= 0.3 is 0 Å². The number of hydrogen-bond acceptors (Lipinski definition) is 1. The van der Waals surface area contributed by atoms with E-state index in [2.05, 4.69) is 5.32 Å².